The Morgan fingerprint density at radius 2 is 1.89 bits per heavy atom. The first-order chi connectivity index (χ1) is 8.74. The van der Waals surface area contributed by atoms with Gasteiger partial charge in [-0.05, 0) is 43.4 Å². The lowest BCUT2D eigenvalue weighted by Crippen LogP contribution is -2.46. The molecule has 0 amide bonds. The number of aromatic nitrogens is 1. The lowest BCUT2D eigenvalue weighted by molar-refractivity contribution is -0.0101. The van der Waals surface area contributed by atoms with Crippen LogP contribution in [0, 0.1) is 0 Å². The van der Waals surface area contributed by atoms with E-state index in [4.69, 9.17) is 0 Å². The molecule has 2 atom stereocenters. The van der Waals surface area contributed by atoms with Gasteiger partial charge in [0.1, 0.15) is 0 Å². The van der Waals surface area contributed by atoms with Crippen LogP contribution in [0.15, 0.2) is 30.5 Å². The second-order valence-electron chi connectivity index (χ2n) is 5.82. The molecule has 2 fully saturated rings. The molecule has 4 rings (SSSR count). The fraction of sp³-hybridized carbons (Fsp3) is 0.467. The van der Waals surface area contributed by atoms with Crippen LogP contribution in [-0.4, -0.2) is 22.2 Å². The first-order valence-electron chi connectivity index (χ1n) is 6.80. The highest BCUT2D eigenvalue weighted by Crippen LogP contribution is 2.42. The number of hydrogen-bond acceptors (Lipinski definition) is 2. The maximum Gasteiger partial charge on any atom is 0.0932 e. The van der Waals surface area contributed by atoms with Gasteiger partial charge in [0.25, 0.3) is 0 Å². The Morgan fingerprint density at radius 1 is 1.11 bits per heavy atom. The van der Waals surface area contributed by atoms with Crippen molar-refractivity contribution in [3.05, 3.63) is 36.0 Å². The summed E-state index contributed by atoms with van der Waals surface area (Å²) < 4.78 is 0. The summed E-state index contributed by atoms with van der Waals surface area (Å²) in [5.41, 5.74) is 1.56. The summed E-state index contributed by atoms with van der Waals surface area (Å²) in [7, 11) is 0. The second-order valence-corrected chi connectivity index (χ2v) is 5.82. The first kappa shape index (κ1) is 10.6. The molecule has 0 aliphatic carbocycles. The predicted octanol–water partition coefficient (Wildman–Crippen LogP) is 2.27. The highest BCUT2D eigenvalue weighted by atomic mass is 16.3. The van der Waals surface area contributed by atoms with Gasteiger partial charge >= 0.3 is 0 Å². The number of rotatable bonds is 1. The molecule has 3 heterocycles. The van der Waals surface area contributed by atoms with E-state index in [1.165, 1.54) is 18.2 Å². The monoisotopic (exact) mass is 242 g/mol. The van der Waals surface area contributed by atoms with Gasteiger partial charge in [-0.3, -0.25) is 0 Å². The minimum absolute atomic E-state index is 0.489. The molecule has 0 saturated carbocycles. The molecule has 0 spiro atoms. The Kier molecular flexibility index (Phi) is 2.11. The van der Waals surface area contributed by atoms with Crippen molar-refractivity contribution in [1.82, 2.24) is 10.3 Å². The lowest BCUT2D eigenvalue weighted by Gasteiger charge is -2.38. The zero-order valence-electron chi connectivity index (χ0n) is 10.3. The summed E-state index contributed by atoms with van der Waals surface area (Å²) in [6.45, 7) is 0. The van der Waals surface area contributed by atoms with Crippen LogP contribution in [0.2, 0.25) is 0 Å². The molecule has 2 aliphatic heterocycles. The molecule has 2 aromatic rings. The van der Waals surface area contributed by atoms with Gasteiger partial charge in [0, 0.05) is 29.2 Å². The molecule has 0 radical (unpaired) electrons. The number of H-pyrrole nitrogens is 1. The van der Waals surface area contributed by atoms with Crippen molar-refractivity contribution in [3.63, 3.8) is 0 Å². The molecule has 1 aromatic heterocycles. The van der Waals surface area contributed by atoms with E-state index in [0.717, 1.165) is 23.9 Å². The van der Waals surface area contributed by atoms with Crippen LogP contribution in [0.25, 0.3) is 10.9 Å². The molecule has 3 nitrogen and oxygen atoms in total. The standard InChI is InChI=1S/C15H18N2O/c18-15(8-10-4-5-11(9-15)17-10)13-2-1-3-14-12(13)6-7-16-14/h1-3,6-7,10-11,16-18H,4-5,8-9H2. The Hall–Kier alpha value is -1.32. The van der Waals surface area contributed by atoms with Crippen LogP contribution in [0.3, 0.4) is 0 Å². The van der Waals surface area contributed by atoms with Crippen LogP contribution in [0.1, 0.15) is 31.2 Å². The summed E-state index contributed by atoms with van der Waals surface area (Å²) in [6, 6.07) is 9.24. The first-order valence-corrected chi connectivity index (χ1v) is 6.80. The van der Waals surface area contributed by atoms with E-state index < -0.39 is 5.60 Å². The van der Waals surface area contributed by atoms with Crippen LogP contribution >= 0.6 is 0 Å². The average molecular weight is 242 g/mol. The SMILES string of the molecule is OC1(c2cccc3[nH]ccc23)CC2CCC(C1)N2. The number of hydrogen-bond donors (Lipinski definition) is 3. The Morgan fingerprint density at radius 3 is 2.67 bits per heavy atom. The van der Waals surface area contributed by atoms with E-state index in [1.54, 1.807) is 0 Å². The third-order valence-corrected chi connectivity index (χ3v) is 4.60. The minimum Gasteiger partial charge on any atom is -0.385 e. The van der Waals surface area contributed by atoms with Gasteiger partial charge in [0.2, 0.25) is 0 Å². The van der Waals surface area contributed by atoms with Crippen molar-refractivity contribution in [2.24, 2.45) is 0 Å². The zero-order valence-corrected chi connectivity index (χ0v) is 10.3. The topological polar surface area (TPSA) is 48.0 Å². The van der Waals surface area contributed by atoms with Gasteiger partial charge in [-0.2, -0.15) is 0 Å². The average Bonchev–Trinajstić information content (AvgIpc) is 2.95. The fourth-order valence-electron chi connectivity index (χ4n) is 3.83. The Bertz CT molecular complexity index is 577. The third kappa shape index (κ3) is 1.44. The molecular weight excluding hydrogens is 224 g/mol. The summed E-state index contributed by atoms with van der Waals surface area (Å²) in [6.07, 6.45) is 6.04. The number of piperidine rings is 1. The van der Waals surface area contributed by atoms with Crippen molar-refractivity contribution < 1.29 is 5.11 Å². The summed E-state index contributed by atoms with van der Waals surface area (Å²) in [4.78, 5) is 3.23. The molecule has 2 bridgehead atoms. The fourth-order valence-corrected chi connectivity index (χ4v) is 3.83. The number of aliphatic hydroxyl groups is 1. The maximum atomic E-state index is 11.1. The van der Waals surface area contributed by atoms with Gasteiger partial charge in [0.15, 0.2) is 0 Å². The van der Waals surface area contributed by atoms with Crippen molar-refractivity contribution in [1.29, 1.82) is 0 Å². The molecule has 2 aliphatic rings. The number of aromatic amines is 1. The molecule has 3 heteroatoms. The molecule has 94 valence electrons. The summed E-state index contributed by atoms with van der Waals surface area (Å²) in [5, 5.41) is 15.8. The normalized spacial score (nSPS) is 35.2. The predicted molar refractivity (Wildman–Crippen MR) is 71.4 cm³/mol. The van der Waals surface area contributed by atoms with Gasteiger partial charge < -0.3 is 15.4 Å². The van der Waals surface area contributed by atoms with E-state index in [9.17, 15) is 5.11 Å². The van der Waals surface area contributed by atoms with Crippen LogP contribution in [0.5, 0.6) is 0 Å². The number of nitrogens with one attached hydrogen (secondary N) is 2. The lowest BCUT2D eigenvalue weighted by atomic mass is 9.80. The van der Waals surface area contributed by atoms with E-state index in [0.29, 0.717) is 12.1 Å². The van der Waals surface area contributed by atoms with Crippen molar-refractivity contribution >= 4 is 10.9 Å². The summed E-state index contributed by atoms with van der Waals surface area (Å²) >= 11 is 0. The molecule has 1 aromatic carbocycles. The van der Waals surface area contributed by atoms with Gasteiger partial charge in [-0.1, -0.05) is 12.1 Å². The highest BCUT2D eigenvalue weighted by molar-refractivity contribution is 5.83. The maximum absolute atomic E-state index is 11.1. The Labute approximate surface area is 106 Å². The van der Waals surface area contributed by atoms with Crippen LogP contribution < -0.4 is 5.32 Å². The zero-order chi connectivity index (χ0) is 12.2. The third-order valence-electron chi connectivity index (χ3n) is 4.60. The Balaban J connectivity index is 1.84. The van der Waals surface area contributed by atoms with Crippen LogP contribution in [0.4, 0.5) is 0 Å². The van der Waals surface area contributed by atoms with E-state index in [-0.39, 0.29) is 0 Å². The van der Waals surface area contributed by atoms with Gasteiger partial charge in [-0.25, -0.2) is 0 Å². The molecule has 2 unspecified atom stereocenters. The van der Waals surface area contributed by atoms with E-state index in [1.807, 2.05) is 12.3 Å². The largest absolute Gasteiger partial charge is 0.385 e. The van der Waals surface area contributed by atoms with Crippen molar-refractivity contribution in [3.8, 4) is 0 Å². The van der Waals surface area contributed by atoms with Gasteiger partial charge in [0.05, 0.1) is 5.60 Å². The molecule has 3 N–H and O–H groups in total. The molecular formula is C15H18N2O. The van der Waals surface area contributed by atoms with E-state index >= 15 is 0 Å². The smallest absolute Gasteiger partial charge is 0.0932 e. The van der Waals surface area contributed by atoms with Crippen molar-refractivity contribution in [2.45, 2.75) is 43.4 Å². The highest BCUT2D eigenvalue weighted by Gasteiger charge is 2.44. The van der Waals surface area contributed by atoms with Crippen LogP contribution in [-0.2, 0) is 5.60 Å². The number of benzene rings is 1. The molecule has 2 saturated heterocycles. The second kappa shape index (κ2) is 3.59. The van der Waals surface area contributed by atoms with E-state index in [2.05, 4.69) is 28.5 Å². The summed E-state index contributed by atoms with van der Waals surface area (Å²) in [5.74, 6) is 0. The quantitative estimate of drug-likeness (QED) is 0.718. The minimum atomic E-state index is -0.654. The molecule has 18 heavy (non-hydrogen) atoms. The van der Waals surface area contributed by atoms with Crippen molar-refractivity contribution in [2.75, 3.05) is 0 Å². The number of fused-ring (bicyclic) bond motifs is 3. The van der Waals surface area contributed by atoms with Gasteiger partial charge in [-0.15, -0.1) is 0 Å².